The van der Waals surface area contributed by atoms with Gasteiger partial charge < -0.3 is 0 Å². The molecular formula is C10H13Br. The van der Waals surface area contributed by atoms with Crippen molar-refractivity contribution in [3.8, 4) is 0 Å². The van der Waals surface area contributed by atoms with Crippen molar-refractivity contribution in [3.63, 3.8) is 0 Å². The summed E-state index contributed by atoms with van der Waals surface area (Å²) in [7, 11) is 0. The van der Waals surface area contributed by atoms with Crippen molar-refractivity contribution in [2.45, 2.75) is 25.1 Å². The minimum Gasteiger partial charge on any atom is -0.0876 e. The van der Waals surface area contributed by atoms with Gasteiger partial charge in [-0.3, -0.25) is 0 Å². The molecule has 0 radical (unpaired) electrons. The second-order valence-corrected chi connectivity index (χ2v) is 3.59. The third kappa shape index (κ3) is 2.33. The minimum atomic E-state index is 0.633. The van der Waals surface area contributed by atoms with Gasteiger partial charge in [-0.25, -0.2) is 0 Å². The summed E-state index contributed by atoms with van der Waals surface area (Å²) >= 11 is 3.44. The number of benzene rings is 1. The van der Waals surface area contributed by atoms with Crippen molar-refractivity contribution in [2.75, 3.05) is 0 Å². The van der Waals surface area contributed by atoms with E-state index in [0.29, 0.717) is 5.92 Å². The van der Waals surface area contributed by atoms with Crippen LogP contribution >= 0.6 is 15.9 Å². The lowest BCUT2D eigenvalue weighted by Crippen LogP contribution is -1.87. The van der Waals surface area contributed by atoms with Crippen molar-refractivity contribution in [1.82, 2.24) is 0 Å². The van der Waals surface area contributed by atoms with Gasteiger partial charge >= 0.3 is 0 Å². The topological polar surface area (TPSA) is 0 Å². The van der Waals surface area contributed by atoms with Crippen LogP contribution in [-0.4, -0.2) is 0 Å². The fraction of sp³-hybridized carbons (Fsp3) is 0.400. The van der Waals surface area contributed by atoms with E-state index >= 15 is 0 Å². The van der Waals surface area contributed by atoms with Crippen LogP contribution in [0, 0.1) is 0 Å². The lowest BCUT2D eigenvalue weighted by atomic mass is 10.0. The molecule has 0 aliphatic carbocycles. The number of hydrogen-bond acceptors (Lipinski definition) is 0. The van der Waals surface area contributed by atoms with Crippen LogP contribution in [0.4, 0.5) is 0 Å². The molecular weight excluding hydrogens is 200 g/mol. The smallest absolute Gasteiger partial charge is 0.0283 e. The lowest BCUT2D eigenvalue weighted by Gasteiger charge is -2.05. The molecule has 0 heterocycles. The van der Waals surface area contributed by atoms with Crippen LogP contribution in [0.15, 0.2) is 24.3 Å². The fourth-order valence-corrected chi connectivity index (χ4v) is 1.38. The molecule has 0 aliphatic heterocycles. The second-order valence-electron chi connectivity index (χ2n) is 3.03. The van der Waals surface area contributed by atoms with E-state index in [1.54, 1.807) is 0 Å². The first kappa shape index (κ1) is 8.79. The van der Waals surface area contributed by atoms with E-state index in [0.717, 1.165) is 5.33 Å². The molecule has 0 saturated heterocycles. The zero-order valence-electron chi connectivity index (χ0n) is 6.97. The summed E-state index contributed by atoms with van der Waals surface area (Å²) in [5, 5.41) is 0.952. The molecule has 0 bridgehead atoms. The molecule has 1 heteroatoms. The summed E-state index contributed by atoms with van der Waals surface area (Å²) in [5.74, 6) is 0.633. The Morgan fingerprint density at radius 1 is 1.36 bits per heavy atom. The van der Waals surface area contributed by atoms with E-state index < -0.39 is 0 Å². The number of hydrogen-bond donors (Lipinski definition) is 0. The van der Waals surface area contributed by atoms with Crippen molar-refractivity contribution in [3.05, 3.63) is 35.4 Å². The Labute approximate surface area is 76.8 Å². The number of rotatable bonds is 2. The van der Waals surface area contributed by atoms with Crippen LogP contribution in [-0.2, 0) is 5.33 Å². The van der Waals surface area contributed by atoms with Crippen LogP contribution < -0.4 is 0 Å². The van der Waals surface area contributed by atoms with Crippen LogP contribution in [0.25, 0.3) is 0 Å². The molecule has 0 amide bonds. The standard InChI is InChI=1S/C10H13Br/c1-8(2)10-5-3-4-9(6-10)7-11/h3-6,8H,7H2,1-2H3. The number of alkyl halides is 1. The summed E-state index contributed by atoms with van der Waals surface area (Å²) in [6, 6.07) is 8.68. The molecule has 0 spiro atoms. The van der Waals surface area contributed by atoms with Gasteiger partial charge in [-0.15, -0.1) is 0 Å². The zero-order chi connectivity index (χ0) is 8.27. The molecule has 0 nitrogen and oxygen atoms in total. The summed E-state index contributed by atoms with van der Waals surface area (Å²) in [5.41, 5.74) is 2.78. The van der Waals surface area contributed by atoms with Crippen LogP contribution in [0.3, 0.4) is 0 Å². The van der Waals surface area contributed by atoms with E-state index in [9.17, 15) is 0 Å². The zero-order valence-corrected chi connectivity index (χ0v) is 8.56. The van der Waals surface area contributed by atoms with Crippen LogP contribution in [0.2, 0.25) is 0 Å². The summed E-state index contributed by atoms with van der Waals surface area (Å²) in [6.45, 7) is 4.43. The van der Waals surface area contributed by atoms with Crippen LogP contribution in [0.1, 0.15) is 30.9 Å². The molecule has 0 fully saturated rings. The molecule has 0 aromatic heterocycles. The molecule has 0 atom stereocenters. The molecule has 0 unspecified atom stereocenters. The predicted molar refractivity (Wildman–Crippen MR) is 53.2 cm³/mol. The highest BCUT2D eigenvalue weighted by atomic mass is 79.9. The highest BCUT2D eigenvalue weighted by molar-refractivity contribution is 9.08. The van der Waals surface area contributed by atoms with E-state index in [1.165, 1.54) is 11.1 Å². The Morgan fingerprint density at radius 2 is 2.09 bits per heavy atom. The highest BCUT2D eigenvalue weighted by Gasteiger charge is 1.98. The summed E-state index contributed by atoms with van der Waals surface area (Å²) in [6.07, 6.45) is 0. The Bertz CT molecular complexity index is 228. The van der Waals surface area contributed by atoms with Gasteiger partial charge in [0.25, 0.3) is 0 Å². The molecule has 0 aliphatic rings. The predicted octanol–water partition coefficient (Wildman–Crippen LogP) is 3.70. The minimum absolute atomic E-state index is 0.633. The van der Waals surface area contributed by atoms with Gasteiger partial charge in [0.1, 0.15) is 0 Å². The third-order valence-electron chi connectivity index (χ3n) is 1.77. The van der Waals surface area contributed by atoms with Gasteiger partial charge in [-0.2, -0.15) is 0 Å². The van der Waals surface area contributed by atoms with Crippen molar-refractivity contribution in [1.29, 1.82) is 0 Å². The van der Waals surface area contributed by atoms with Crippen molar-refractivity contribution >= 4 is 15.9 Å². The maximum Gasteiger partial charge on any atom is 0.0283 e. The Kier molecular flexibility index (Phi) is 3.13. The fourth-order valence-electron chi connectivity index (χ4n) is 1.04. The molecule has 0 saturated carbocycles. The Balaban J connectivity index is 2.91. The Hall–Kier alpha value is -0.300. The van der Waals surface area contributed by atoms with E-state index in [2.05, 4.69) is 54.0 Å². The van der Waals surface area contributed by atoms with Crippen molar-refractivity contribution < 1.29 is 0 Å². The number of halogens is 1. The maximum absolute atomic E-state index is 3.44. The molecule has 0 N–H and O–H groups in total. The van der Waals surface area contributed by atoms with Crippen LogP contribution in [0.5, 0.6) is 0 Å². The molecule has 1 aromatic carbocycles. The molecule has 60 valence electrons. The van der Waals surface area contributed by atoms with E-state index in [1.807, 2.05) is 0 Å². The quantitative estimate of drug-likeness (QED) is 0.657. The van der Waals surface area contributed by atoms with Gasteiger partial charge in [-0.05, 0) is 17.0 Å². The summed E-state index contributed by atoms with van der Waals surface area (Å²) < 4.78 is 0. The maximum atomic E-state index is 3.44. The monoisotopic (exact) mass is 212 g/mol. The first-order valence-corrected chi connectivity index (χ1v) is 5.01. The SMILES string of the molecule is CC(C)c1cccc(CBr)c1. The van der Waals surface area contributed by atoms with Gasteiger partial charge in [0.15, 0.2) is 0 Å². The van der Waals surface area contributed by atoms with Crippen molar-refractivity contribution in [2.24, 2.45) is 0 Å². The van der Waals surface area contributed by atoms with Gasteiger partial charge in [0, 0.05) is 5.33 Å². The first-order valence-electron chi connectivity index (χ1n) is 3.89. The van der Waals surface area contributed by atoms with E-state index in [-0.39, 0.29) is 0 Å². The largest absolute Gasteiger partial charge is 0.0876 e. The molecule has 11 heavy (non-hydrogen) atoms. The summed E-state index contributed by atoms with van der Waals surface area (Å²) in [4.78, 5) is 0. The average Bonchev–Trinajstić information content (AvgIpc) is 2.05. The van der Waals surface area contributed by atoms with Gasteiger partial charge in [0.2, 0.25) is 0 Å². The highest BCUT2D eigenvalue weighted by Crippen LogP contribution is 2.16. The Morgan fingerprint density at radius 3 is 2.64 bits per heavy atom. The molecule has 1 aromatic rings. The second kappa shape index (κ2) is 3.91. The first-order chi connectivity index (χ1) is 5.24. The van der Waals surface area contributed by atoms with Gasteiger partial charge in [0.05, 0.1) is 0 Å². The third-order valence-corrected chi connectivity index (χ3v) is 2.42. The molecule has 1 rings (SSSR count). The normalized spacial score (nSPS) is 10.5. The lowest BCUT2D eigenvalue weighted by molar-refractivity contribution is 0.865. The van der Waals surface area contributed by atoms with Gasteiger partial charge in [-0.1, -0.05) is 54.0 Å². The average molecular weight is 213 g/mol. The van der Waals surface area contributed by atoms with E-state index in [4.69, 9.17) is 0 Å².